The van der Waals surface area contributed by atoms with Crippen molar-refractivity contribution in [2.24, 2.45) is 7.05 Å². The molecule has 0 aliphatic rings. The van der Waals surface area contributed by atoms with E-state index in [2.05, 4.69) is 15.5 Å². The van der Waals surface area contributed by atoms with Gasteiger partial charge in [0.05, 0.1) is 5.75 Å². The zero-order valence-corrected chi connectivity index (χ0v) is 17.3. The fourth-order valence-corrected chi connectivity index (χ4v) is 3.40. The van der Waals surface area contributed by atoms with Crippen LogP contribution in [-0.4, -0.2) is 32.2 Å². The molecule has 1 N–H and O–H groups in total. The second-order valence-corrected chi connectivity index (χ2v) is 7.39. The largest absolute Gasteiger partial charge is 0.483 e. The summed E-state index contributed by atoms with van der Waals surface area (Å²) < 4.78 is 7.72. The van der Waals surface area contributed by atoms with Crippen LogP contribution in [0.2, 0.25) is 0 Å². The fraction of sp³-hybridized carbons (Fsp3) is 0.238. The minimum absolute atomic E-state index is 0.0120. The fourth-order valence-electron chi connectivity index (χ4n) is 2.68. The molecule has 29 heavy (non-hydrogen) atoms. The van der Waals surface area contributed by atoms with Gasteiger partial charge < -0.3 is 14.6 Å². The molecule has 0 fully saturated rings. The highest BCUT2D eigenvalue weighted by atomic mass is 32.2. The summed E-state index contributed by atoms with van der Waals surface area (Å²) in [6.45, 7) is 3.41. The smallest absolute Gasteiger partial charge is 0.234 e. The number of anilines is 1. The third kappa shape index (κ3) is 5.45. The normalized spacial score (nSPS) is 11.7. The van der Waals surface area contributed by atoms with Crippen LogP contribution in [0.25, 0.3) is 0 Å². The molecule has 1 heterocycles. The Balaban J connectivity index is 1.55. The lowest BCUT2D eigenvalue weighted by Crippen LogP contribution is -2.15. The predicted octanol–water partition coefficient (Wildman–Crippen LogP) is 3.89. The number of nitrogens with zero attached hydrogens (tertiary/aromatic N) is 3. The van der Waals surface area contributed by atoms with E-state index in [1.54, 1.807) is 24.3 Å². The summed E-state index contributed by atoms with van der Waals surface area (Å²) in [7, 11) is 1.85. The van der Waals surface area contributed by atoms with Gasteiger partial charge in [0, 0.05) is 18.3 Å². The Hall–Kier alpha value is -3.13. The predicted molar refractivity (Wildman–Crippen MR) is 112 cm³/mol. The van der Waals surface area contributed by atoms with E-state index in [0.29, 0.717) is 22.2 Å². The van der Waals surface area contributed by atoms with Crippen LogP contribution in [0, 0.1) is 0 Å². The van der Waals surface area contributed by atoms with Gasteiger partial charge in [-0.05, 0) is 50.2 Å². The summed E-state index contributed by atoms with van der Waals surface area (Å²) in [4.78, 5) is 23.5. The molecule has 8 heteroatoms. The maximum atomic E-state index is 12.2. The van der Waals surface area contributed by atoms with Crippen LogP contribution in [0.4, 0.5) is 5.69 Å². The van der Waals surface area contributed by atoms with Gasteiger partial charge in [0.15, 0.2) is 22.9 Å². The molecule has 7 nitrogen and oxygen atoms in total. The van der Waals surface area contributed by atoms with Gasteiger partial charge in [-0.2, -0.15) is 0 Å². The Morgan fingerprint density at radius 2 is 1.79 bits per heavy atom. The highest BCUT2D eigenvalue weighted by molar-refractivity contribution is 7.99. The van der Waals surface area contributed by atoms with Gasteiger partial charge in [-0.3, -0.25) is 9.59 Å². The minimum atomic E-state index is -0.280. The number of hydrogen-bond acceptors (Lipinski definition) is 6. The van der Waals surface area contributed by atoms with Crippen LogP contribution < -0.4 is 10.1 Å². The molecular weight excluding hydrogens is 388 g/mol. The molecule has 1 aromatic heterocycles. The average Bonchev–Trinajstić information content (AvgIpc) is 3.08. The summed E-state index contributed by atoms with van der Waals surface area (Å²) in [5.74, 6) is 1.45. The Kier molecular flexibility index (Phi) is 6.66. The Morgan fingerprint density at radius 1 is 1.10 bits per heavy atom. The molecule has 0 saturated carbocycles. The third-order valence-electron chi connectivity index (χ3n) is 4.20. The first-order chi connectivity index (χ1) is 13.9. The van der Waals surface area contributed by atoms with Crippen molar-refractivity contribution in [2.75, 3.05) is 11.1 Å². The molecular formula is C21H22N4O3S. The van der Waals surface area contributed by atoms with Crippen LogP contribution >= 0.6 is 11.8 Å². The van der Waals surface area contributed by atoms with Crippen molar-refractivity contribution in [2.45, 2.75) is 25.1 Å². The molecule has 3 rings (SSSR count). The maximum absolute atomic E-state index is 12.2. The van der Waals surface area contributed by atoms with E-state index in [1.807, 2.05) is 48.9 Å². The van der Waals surface area contributed by atoms with E-state index in [4.69, 9.17) is 4.74 Å². The molecule has 0 aliphatic heterocycles. The van der Waals surface area contributed by atoms with Gasteiger partial charge in [-0.15, -0.1) is 10.2 Å². The zero-order chi connectivity index (χ0) is 20.8. The van der Waals surface area contributed by atoms with E-state index >= 15 is 0 Å². The topological polar surface area (TPSA) is 86.1 Å². The van der Waals surface area contributed by atoms with Crippen molar-refractivity contribution in [3.8, 4) is 5.75 Å². The molecule has 0 radical (unpaired) electrons. The van der Waals surface area contributed by atoms with Crippen molar-refractivity contribution in [1.29, 1.82) is 0 Å². The lowest BCUT2D eigenvalue weighted by Gasteiger charge is -2.14. The first-order valence-corrected chi connectivity index (χ1v) is 10.1. The van der Waals surface area contributed by atoms with Crippen molar-refractivity contribution < 1.29 is 14.3 Å². The van der Waals surface area contributed by atoms with Crippen molar-refractivity contribution >= 4 is 29.1 Å². The molecule has 0 spiro atoms. The van der Waals surface area contributed by atoms with E-state index < -0.39 is 0 Å². The maximum Gasteiger partial charge on any atom is 0.234 e. The second kappa shape index (κ2) is 9.38. The Morgan fingerprint density at radius 3 is 2.45 bits per heavy atom. The number of hydrogen-bond donors (Lipinski definition) is 1. The molecule has 1 amide bonds. The summed E-state index contributed by atoms with van der Waals surface area (Å²) in [6, 6.07) is 16.3. The van der Waals surface area contributed by atoms with Crippen LogP contribution in [0.5, 0.6) is 5.75 Å². The number of para-hydroxylation sites is 1. The summed E-state index contributed by atoms with van der Waals surface area (Å²) >= 11 is 1.29. The van der Waals surface area contributed by atoms with E-state index in [-0.39, 0.29) is 23.5 Å². The first-order valence-electron chi connectivity index (χ1n) is 9.08. The molecule has 3 aromatic rings. The molecule has 0 aliphatic carbocycles. The van der Waals surface area contributed by atoms with Gasteiger partial charge in [0.1, 0.15) is 5.75 Å². The van der Waals surface area contributed by atoms with Gasteiger partial charge in [0.25, 0.3) is 0 Å². The number of carbonyl (C=O) groups excluding carboxylic acids is 2. The third-order valence-corrected chi connectivity index (χ3v) is 5.22. The SMILES string of the molecule is CC(=O)c1ccc(NC(=O)CSc2nnc(C(C)Oc3ccccc3)n2C)cc1. The number of thioether (sulfide) groups is 1. The first kappa shape index (κ1) is 20.6. The quantitative estimate of drug-likeness (QED) is 0.448. The van der Waals surface area contributed by atoms with E-state index in [0.717, 1.165) is 5.75 Å². The molecule has 150 valence electrons. The second-order valence-electron chi connectivity index (χ2n) is 6.44. The number of ether oxygens (including phenoxy) is 1. The van der Waals surface area contributed by atoms with Crippen molar-refractivity contribution in [3.05, 3.63) is 66.0 Å². The van der Waals surface area contributed by atoms with E-state index in [1.165, 1.54) is 18.7 Å². The van der Waals surface area contributed by atoms with Gasteiger partial charge in [-0.1, -0.05) is 30.0 Å². The van der Waals surface area contributed by atoms with Crippen LogP contribution in [0.3, 0.4) is 0 Å². The van der Waals surface area contributed by atoms with Gasteiger partial charge in [0.2, 0.25) is 5.91 Å². The lowest BCUT2D eigenvalue weighted by molar-refractivity contribution is -0.113. The van der Waals surface area contributed by atoms with Crippen molar-refractivity contribution in [1.82, 2.24) is 14.8 Å². The van der Waals surface area contributed by atoms with Crippen LogP contribution in [0.15, 0.2) is 59.8 Å². The molecule has 0 bridgehead atoms. The number of nitrogens with one attached hydrogen (secondary N) is 1. The molecule has 0 saturated heterocycles. The summed E-state index contributed by atoms with van der Waals surface area (Å²) in [5.41, 5.74) is 1.25. The monoisotopic (exact) mass is 410 g/mol. The highest BCUT2D eigenvalue weighted by Gasteiger charge is 2.18. The molecule has 1 unspecified atom stereocenters. The standard InChI is InChI=1S/C21H22N4O3S/c1-14(26)16-9-11-17(12-10-16)22-19(27)13-29-21-24-23-20(25(21)3)15(2)28-18-7-5-4-6-8-18/h4-12,15H,13H2,1-3H3,(H,22,27). The van der Waals surface area contributed by atoms with Crippen LogP contribution in [-0.2, 0) is 11.8 Å². The number of carbonyl (C=O) groups is 2. The number of benzene rings is 2. The summed E-state index contributed by atoms with van der Waals surface area (Å²) in [6.07, 6.45) is -0.280. The lowest BCUT2D eigenvalue weighted by atomic mass is 10.1. The van der Waals surface area contributed by atoms with Gasteiger partial charge >= 0.3 is 0 Å². The average molecular weight is 410 g/mol. The number of aromatic nitrogens is 3. The van der Waals surface area contributed by atoms with Gasteiger partial charge in [-0.25, -0.2) is 0 Å². The van der Waals surface area contributed by atoms with E-state index in [9.17, 15) is 9.59 Å². The molecule has 1 atom stereocenters. The Labute approximate surface area is 173 Å². The highest BCUT2D eigenvalue weighted by Crippen LogP contribution is 2.23. The molecule has 2 aromatic carbocycles. The number of ketones is 1. The number of Topliss-reactive ketones (excluding diaryl/α,β-unsaturated/α-hetero) is 1. The number of amides is 1. The number of rotatable bonds is 8. The minimum Gasteiger partial charge on any atom is -0.483 e. The summed E-state index contributed by atoms with van der Waals surface area (Å²) in [5, 5.41) is 11.8. The Bertz CT molecular complexity index is 987. The zero-order valence-electron chi connectivity index (χ0n) is 16.5. The van der Waals surface area contributed by atoms with Crippen LogP contribution in [0.1, 0.15) is 36.1 Å². The van der Waals surface area contributed by atoms with Crippen molar-refractivity contribution in [3.63, 3.8) is 0 Å².